The van der Waals surface area contributed by atoms with E-state index in [4.69, 9.17) is 0 Å². The Morgan fingerprint density at radius 3 is 1.12 bits per heavy atom. The molecular weight excluding hydrogens is 795 g/mol. The van der Waals surface area contributed by atoms with Crippen LogP contribution in [0.5, 0.6) is 11.5 Å². The number of carbonyl (C=O) groups excluding carboxylic acids is 2. The molecule has 0 atom stereocenters. The fourth-order valence-corrected chi connectivity index (χ4v) is 7.15. The third kappa shape index (κ3) is 11.5. The minimum absolute atomic E-state index is 0. The molecule has 0 fully saturated rings. The molecule has 0 unspecified atom stereocenters. The van der Waals surface area contributed by atoms with Crippen molar-refractivity contribution in [2.75, 3.05) is 10.6 Å². The number of unbranched alkanes of at least 4 members (excludes halogenated alkanes) is 3. The van der Waals surface area contributed by atoms with Gasteiger partial charge in [-0.25, -0.2) is 16.8 Å². The monoisotopic (exact) mass is 820 g/mol. The third-order valence-electron chi connectivity index (χ3n) is 7.23. The zero-order valence-corrected chi connectivity index (χ0v) is 34.4. The Morgan fingerprint density at radius 2 is 0.827 bits per heavy atom. The number of amides is 2. The fraction of sp³-hybridized carbons (Fsp3) is 0.214. The number of phenols is 2. The van der Waals surface area contributed by atoms with E-state index in [0.29, 0.717) is 25.0 Å². The van der Waals surface area contributed by atoms with Crippen LogP contribution in [0.25, 0.3) is 21.5 Å². The molecule has 18 nitrogen and oxygen atoms in total. The van der Waals surface area contributed by atoms with Gasteiger partial charge in [0, 0.05) is 23.6 Å². The molecule has 52 heavy (non-hydrogen) atoms. The van der Waals surface area contributed by atoms with Crippen LogP contribution < -0.4 is 69.7 Å². The van der Waals surface area contributed by atoms with Gasteiger partial charge in [0.05, 0.1) is 31.0 Å². The van der Waals surface area contributed by atoms with Gasteiger partial charge in [0.2, 0.25) is 11.8 Å². The number of anilines is 2. The molecule has 0 aliphatic carbocycles. The van der Waals surface area contributed by atoms with Crippen molar-refractivity contribution in [2.45, 2.75) is 58.1 Å². The third-order valence-corrected chi connectivity index (χ3v) is 10.5. The standard InChI is InChI=1S/C28H28N2O16S4.2Na/c31-23-13-19(49(41,42)43)9-15-7-17(47(35,36)37)11-21(27(15)23)29-25(33)5-3-1-2-4-6-26(34)30-22-12-18(48(38,39)40)8-16-10-20(50(44,45)46)14-24(32)28(16)22;;/h7-14,31-32H,1-6H2,(H,29,33)(H,30,34)(H,35,36,37)(H,38,39,40)(H,41,42,43)(H,44,45,46);;/q;2*+1/p-2. The predicted molar refractivity (Wildman–Crippen MR) is 172 cm³/mol. The first-order valence-electron chi connectivity index (χ1n) is 14.0. The van der Waals surface area contributed by atoms with Crippen LogP contribution in [0, 0.1) is 0 Å². The first kappa shape index (κ1) is 45.7. The van der Waals surface area contributed by atoms with Crippen molar-refractivity contribution < 1.29 is 131 Å². The van der Waals surface area contributed by atoms with Crippen molar-refractivity contribution in [2.24, 2.45) is 0 Å². The summed E-state index contributed by atoms with van der Waals surface area (Å²) >= 11 is 0. The van der Waals surface area contributed by atoms with E-state index in [1.165, 1.54) is 0 Å². The second-order valence-corrected chi connectivity index (χ2v) is 16.5. The summed E-state index contributed by atoms with van der Waals surface area (Å²) in [5, 5.41) is 24.6. The first-order valence-corrected chi connectivity index (χ1v) is 19.7. The molecule has 0 heterocycles. The molecule has 270 valence electrons. The van der Waals surface area contributed by atoms with Crippen LogP contribution in [0.2, 0.25) is 0 Å². The molecule has 24 heteroatoms. The Bertz CT molecular complexity index is 2320. The zero-order chi connectivity index (χ0) is 37.4. The molecule has 0 bridgehead atoms. The number of benzene rings is 4. The summed E-state index contributed by atoms with van der Waals surface area (Å²) in [4.78, 5) is 22.0. The second-order valence-electron chi connectivity index (χ2n) is 10.9. The van der Waals surface area contributed by atoms with Crippen molar-refractivity contribution >= 4 is 85.2 Å². The molecule has 0 saturated carbocycles. The Kier molecular flexibility index (Phi) is 15.3. The molecule has 0 radical (unpaired) electrons. The quantitative estimate of drug-likeness (QED) is 0.0436. The van der Waals surface area contributed by atoms with Crippen LogP contribution in [-0.4, -0.2) is 73.9 Å². The molecule has 0 aliphatic heterocycles. The van der Waals surface area contributed by atoms with E-state index in [-0.39, 0.29) is 118 Å². The molecule has 0 aromatic heterocycles. The Morgan fingerprint density at radius 1 is 0.519 bits per heavy atom. The van der Waals surface area contributed by atoms with Gasteiger partial charge in [-0.05, 0) is 72.1 Å². The maximum Gasteiger partial charge on any atom is 1.00 e. The number of fused-ring (bicyclic) bond motifs is 2. The van der Waals surface area contributed by atoms with Gasteiger partial charge in [-0.3, -0.25) is 18.7 Å². The van der Waals surface area contributed by atoms with E-state index in [0.717, 1.165) is 36.4 Å². The molecule has 2 amide bonds. The van der Waals surface area contributed by atoms with Crippen LogP contribution in [0.4, 0.5) is 11.4 Å². The van der Waals surface area contributed by atoms with Gasteiger partial charge in [-0.1, -0.05) is 12.8 Å². The molecule has 4 aromatic carbocycles. The number of rotatable bonds is 13. The van der Waals surface area contributed by atoms with Gasteiger partial charge in [0.25, 0.3) is 20.2 Å². The van der Waals surface area contributed by atoms with Gasteiger partial charge in [-0.15, -0.1) is 0 Å². The summed E-state index contributed by atoms with van der Waals surface area (Å²) < 4.78 is 135. The number of carbonyl (C=O) groups is 2. The van der Waals surface area contributed by atoms with Crippen LogP contribution in [-0.2, 0) is 50.1 Å². The molecular formula is C28H26N2Na2O16S4. The topological polar surface area (TPSA) is 322 Å². The largest absolute Gasteiger partial charge is 1.00 e. The number of nitrogens with one attached hydrogen (secondary N) is 2. The molecule has 4 rings (SSSR count). The maximum atomic E-state index is 12.7. The minimum atomic E-state index is -5.07. The van der Waals surface area contributed by atoms with Crippen LogP contribution in [0.15, 0.2) is 68.1 Å². The summed E-state index contributed by atoms with van der Waals surface area (Å²) in [6, 6.07) is 6.06. The second kappa shape index (κ2) is 17.4. The van der Waals surface area contributed by atoms with Gasteiger partial charge < -0.3 is 30.0 Å². The first-order chi connectivity index (χ1) is 22.9. The van der Waals surface area contributed by atoms with Crippen LogP contribution in [0.1, 0.15) is 38.5 Å². The Hall–Kier alpha value is -2.42. The molecule has 6 N–H and O–H groups in total. The van der Waals surface area contributed by atoms with Crippen molar-refractivity contribution in [3.63, 3.8) is 0 Å². The average molecular weight is 821 g/mol. The zero-order valence-electron chi connectivity index (χ0n) is 27.2. The summed E-state index contributed by atoms with van der Waals surface area (Å²) in [6.45, 7) is 0. The van der Waals surface area contributed by atoms with Crippen molar-refractivity contribution in [3.8, 4) is 11.5 Å². The van der Waals surface area contributed by atoms with Gasteiger partial charge >= 0.3 is 59.1 Å². The maximum absolute atomic E-state index is 12.7. The average Bonchev–Trinajstić information content (AvgIpc) is 2.96. The van der Waals surface area contributed by atoms with E-state index >= 15 is 0 Å². The van der Waals surface area contributed by atoms with Crippen molar-refractivity contribution in [1.82, 2.24) is 0 Å². The van der Waals surface area contributed by atoms with E-state index in [1.807, 2.05) is 0 Å². The van der Waals surface area contributed by atoms with Crippen molar-refractivity contribution in [3.05, 3.63) is 48.5 Å². The number of hydrogen-bond donors (Lipinski definition) is 6. The summed E-state index contributed by atoms with van der Waals surface area (Å²) in [5.41, 5.74) is -0.599. The van der Waals surface area contributed by atoms with Crippen molar-refractivity contribution in [1.29, 1.82) is 0 Å². The molecule has 0 aliphatic rings. The number of hydrogen-bond acceptors (Lipinski definition) is 14. The van der Waals surface area contributed by atoms with Gasteiger partial charge in [0.15, 0.2) is 0 Å². The Labute approximate surface area is 341 Å². The van der Waals surface area contributed by atoms with E-state index in [9.17, 15) is 71.7 Å². The predicted octanol–water partition coefficient (Wildman–Crippen LogP) is -3.37. The van der Waals surface area contributed by atoms with Crippen LogP contribution in [0.3, 0.4) is 0 Å². The number of aromatic hydroxyl groups is 2. The van der Waals surface area contributed by atoms with Gasteiger partial charge in [-0.2, -0.15) is 16.8 Å². The smallest absolute Gasteiger partial charge is 0.744 e. The fourth-order valence-electron chi connectivity index (χ4n) is 5.01. The normalized spacial score (nSPS) is 12.2. The summed E-state index contributed by atoms with van der Waals surface area (Å²) in [7, 11) is -19.9. The molecule has 0 spiro atoms. The van der Waals surface area contributed by atoms with E-state index in [2.05, 4.69) is 10.6 Å². The van der Waals surface area contributed by atoms with Crippen LogP contribution >= 0.6 is 0 Å². The van der Waals surface area contributed by atoms with E-state index < -0.39 is 83.4 Å². The molecule has 0 saturated heterocycles. The summed E-state index contributed by atoms with van der Waals surface area (Å²) in [6.07, 6.45) is 0.966. The minimum Gasteiger partial charge on any atom is -0.744 e. The van der Waals surface area contributed by atoms with Gasteiger partial charge in [0.1, 0.15) is 31.7 Å². The SMILES string of the molecule is O=C(CCCCCCC(=O)Nc1cc(S(=O)(=O)O)cc2cc(S(=O)(=O)[O-])cc(O)c12)Nc1cc(S(=O)(=O)O)cc2cc(S(=O)(=O)[O-])cc(O)c12.[Na+].[Na+]. The summed E-state index contributed by atoms with van der Waals surface area (Å²) in [5.74, 6) is -2.87. The van der Waals surface area contributed by atoms with E-state index in [1.54, 1.807) is 0 Å². The Balaban J connectivity index is 0.00000468. The number of phenolic OH excluding ortho intramolecular Hbond substituents is 2. The molecule has 4 aromatic rings.